The number of ether oxygens (including phenoxy) is 1. The normalized spacial score (nSPS) is 12.5. The summed E-state index contributed by atoms with van der Waals surface area (Å²) in [7, 11) is 1.72. The molecule has 1 N–H and O–H groups in total. The molecule has 102 valence electrons. The smallest absolute Gasteiger partial charge is 0.120 e. The SMILES string of the molecule is CCC(NCc1ccccc1COC)c1ccco1. The third-order valence-corrected chi connectivity index (χ3v) is 3.25. The monoisotopic (exact) mass is 259 g/mol. The molecule has 19 heavy (non-hydrogen) atoms. The first-order valence-electron chi connectivity index (χ1n) is 6.67. The molecule has 0 aliphatic carbocycles. The second-order valence-electron chi connectivity index (χ2n) is 4.56. The summed E-state index contributed by atoms with van der Waals surface area (Å²) in [6, 6.07) is 12.5. The minimum atomic E-state index is 0.255. The molecule has 0 saturated heterocycles. The molecule has 0 fully saturated rings. The van der Waals surface area contributed by atoms with Crippen LogP contribution in [0.15, 0.2) is 47.1 Å². The zero-order chi connectivity index (χ0) is 13.5. The fraction of sp³-hybridized carbons (Fsp3) is 0.375. The van der Waals surface area contributed by atoms with E-state index in [1.165, 1.54) is 11.1 Å². The molecule has 0 aliphatic heterocycles. The Morgan fingerprint density at radius 3 is 2.58 bits per heavy atom. The minimum absolute atomic E-state index is 0.255. The van der Waals surface area contributed by atoms with E-state index in [0.717, 1.165) is 18.7 Å². The van der Waals surface area contributed by atoms with Gasteiger partial charge in [0.05, 0.1) is 18.9 Å². The van der Waals surface area contributed by atoms with Crippen molar-refractivity contribution in [1.29, 1.82) is 0 Å². The maximum atomic E-state index is 5.47. The maximum absolute atomic E-state index is 5.47. The van der Waals surface area contributed by atoms with E-state index in [9.17, 15) is 0 Å². The average Bonchev–Trinajstić information content (AvgIpc) is 2.96. The molecule has 0 saturated carbocycles. The summed E-state index contributed by atoms with van der Waals surface area (Å²) < 4.78 is 10.7. The van der Waals surface area contributed by atoms with Gasteiger partial charge < -0.3 is 14.5 Å². The van der Waals surface area contributed by atoms with E-state index in [4.69, 9.17) is 9.15 Å². The van der Waals surface area contributed by atoms with E-state index < -0.39 is 0 Å². The lowest BCUT2D eigenvalue weighted by Gasteiger charge is -2.16. The number of nitrogens with one attached hydrogen (secondary N) is 1. The van der Waals surface area contributed by atoms with Crippen LogP contribution >= 0.6 is 0 Å². The molecular weight excluding hydrogens is 238 g/mol. The zero-order valence-corrected chi connectivity index (χ0v) is 11.6. The Labute approximate surface area is 114 Å². The molecule has 0 spiro atoms. The van der Waals surface area contributed by atoms with Gasteiger partial charge in [0.1, 0.15) is 5.76 Å². The van der Waals surface area contributed by atoms with E-state index >= 15 is 0 Å². The first-order valence-corrected chi connectivity index (χ1v) is 6.67. The van der Waals surface area contributed by atoms with Gasteiger partial charge in [-0.3, -0.25) is 0 Å². The molecule has 1 heterocycles. The molecule has 1 aromatic carbocycles. The fourth-order valence-corrected chi connectivity index (χ4v) is 2.20. The molecule has 1 atom stereocenters. The van der Waals surface area contributed by atoms with Crippen molar-refractivity contribution in [2.24, 2.45) is 0 Å². The quantitative estimate of drug-likeness (QED) is 0.824. The summed E-state index contributed by atoms with van der Waals surface area (Å²) in [6.45, 7) is 3.62. The third-order valence-electron chi connectivity index (χ3n) is 3.25. The van der Waals surface area contributed by atoms with Crippen LogP contribution in [0.25, 0.3) is 0 Å². The Hall–Kier alpha value is -1.58. The van der Waals surface area contributed by atoms with Crippen LogP contribution in [0.2, 0.25) is 0 Å². The highest BCUT2D eigenvalue weighted by atomic mass is 16.5. The van der Waals surface area contributed by atoms with Gasteiger partial charge in [-0.25, -0.2) is 0 Å². The van der Waals surface area contributed by atoms with Crippen molar-refractivity contribution >= 4 is 0 Å². The highest BCUT2D eigenvalue weighted by Gasteiger charge is 2.12. The Balaban J connectivity index is 2.01. The molecule has 1 aromatic heterocycles. The van der Waals surface area contributed by atoms with Crippen molar-refractivity contribution in [3.05, 3.63) is 59.5 Å². The van der Waals surface area contributed by atoms with Crippen LogP contribution in [0.4, 0.5) is 0 Å². The van der Waals surface area contributed by atoms with Crippen molar-refractivity contribution in [3.8, 4) is 0 Å². The lowest BCUT2D eigenvalue weighted by molar-refractivity contribution is 0.184. The molecule has 2 rings (SSSR count). The van der Waals surface area contributed by atoms with Gasteiger partial charge in [-0.2, -0.15) is 0 Å². The average molecular weight is 259 g/mol. The molecular formula is C16H21NO2. The van der Waals surface area contributed by atoms with Crippen LogP contribution in [-0.4, -0.2) is 7.11 Å². The summed E-state index contributed by atoms with van der Waals surface area (Å²) in [5.41, 5.74) is 2.50. The summed E-state index contributed by atoms with van der Waals surface area (Å²) in [5.74, 6) is 0.992. The molecule has 2 aromatic rings. The summed E-state index contributed by atoms with van der Waals surface area (Å²) in [4.78, 5) is 0. The summed E-state index contributed by atoms with van der Waals surface area (Å²) in [6.07, 6.45) is 2.72. The first kappa shape index (κ1) is 13.8. The van der Waals surface area contributed by atoms with Crippen LogP contribution in [0.1, 0.15) is 36.3 Å². The van der Waals surface area contributed by atoms with E-state index in [1.54, 1.807) is 13.4 Å². The molecule has 3 heteroatoms. The van der Waals surface area contributed by atoms with Gasteiger partial charge in [-0.05, 0) is 29.7 Å². The van der Waals surface area contributed by atoms with Crippen LogP contribution in [-0.2, 0) is 17.9 Å². The van der Waals surface area contributed by atoms with Gasteiger partial charge >= 0.3 is 0 Å². The van der Waals surface area contributed by atoms with E-state index in [1.807, 2.05) is 18.2 Å². The maximum Gasteiger partial charge on any atom is 0.120 e. The standard InChI is InChI=1S/C16H21NO2/c1-3-15(16-9-6-10-19-16)17-11-13-7-4-5-8-14(13)12-18-2/h4-10,15,17H,3,11-12H2,1-2H3. The van der Waals surface area contributed by atoms with Gasteiger partial charge in [0.25, 0.3) is 0 Å². The lowest BCUT2D eigenvalue weighted by atomic mass is 10.1. The molecule has 1 unspecified atom stereocenters. The highest BCUT2D eigenvalue weighted by molar-refractivity contribution is 5.26. The molecule has 0 radical (unpaired) electrons. The largest absolute Gasteiger partial charge is 0.468 e. The molecule has 0 aliphatic rings. The topological polar surface area (TPSA) is 34.4 Å². The van der Waals surface area contributed by atoms with Crippen LogP contribution in [0.5, 0.6) is 0 Å². The number of benzene rings is 1. The Morgan fingerprint density at radius 2 is 1.95 bits per heavy atom. The van der Waals surface area contributed by atoms with Gasteiger partial charge in [0.15, 0.2) is 0 Å². The van der Waals surface area contributed by atoms with Gasteiger partial charge in [0, 0.05) is 13.7 Å². The van der Waals surface area contributed by atoms with Gasteiger partial charge in [-0.15, -0.1) is 0 Å². The van der Waals surface area contributed by atoms with Crippen LogP contribution < -0.4 is 5.32 Å². The molecule has 0 amide bonds. The van der Waals surface area contributed by atoms with Crippen molar-refractivity contribution in [2.75, 3.05) is 7.11 Å². The zero-order valence-electron chi connectivity index (χ0n) is 11.6. The Morgan fingerprint density at radius 1 is 1.16 bits per heavy atom. The third kappa shape index (κ3) is 3.69. The van der Waals surface area contributed by atoms with Gasteiger partial charge in [-0.1, -0.05) is 31.2 Å². The second kappa shape index (κ2) is 7.12. The fourth-order valence-electron chi connectivity index (χ4n) is 2.20. The van der Waals surface area contributed by atoms with E-state index in [2.05, 4.69) is 30.4 Å². The predicted molar refractivity (Wildman–Crippen MR) is 75.7 cm³/mol. The predicted octanol–water partition coefficient (Wildman–Crippen LogP) is 3.67. The number of furan rings is 1. The van der Waals surface area contributed by atoms with Crippen molar-refractivity contribution in [2.45, 2.75) is 32.5 Å². The minimum Gasteiger partial charge on any atom is -0.468 e. The van der Waals surface area contributed by atoms with Crippen LogP contribution in [0.3, 0.4) is 0 Å². The van der Waals surface area contributed by atoms with E-state index in [-0.39, 0.29) is 6.04 Å². The van der Waals surface area contributed by atoms with Crippen molar-refractivity contribution < 1.29 is 9.15 Å². The number of hydrogen-bond acceptors (Lipinski definition) is 3. The second-order valence-corrected chi connectivity index (χ2v) is 4.56. The number of hydrogen-bond donors (Lipinski definition) is 1. The summed E-state index contributed by atoms with van der Waals surface area (Å²) >= 11 is 0. The summed E-state index contributed by atoms with van der Waals surface area (Å²) in [5, 5.41) is 3.54. The van der Waals surface area contributed by atoms with Crippen LogP contribution in [0, 0.1) is 0 Å². The Kier molecular flexibility index (Phi) is 5.19. The highest BCUT2D eigenvalue weighted by Crippen LogP contribution is 2.18. The lowest BCUT2D eigenvalue weighted by Crippen LogP contribution is -2.20. The molecule has 0 bridgehead atoms. The number of rotatable bonds is 7. The first-order chi connectivity index (χ1) is 9.35. The molecule has 3 nitrogen and oxygen atoms in total. The van der Waals surface area contributed by atoms with E-state index in [0.29, 0.717) is 6.61 Å². The van der Waals surface area contributed by atoms with Crippen molar-refractivity contribution in [1.82, 2.24) is 5.32 Å². The Bertz CT molecular complexity index is 479. The van der Waals surface area contributed by atoms with Crippen molar-refractivity contribution in [3.63, 3.8) is 0 Å². The number of methoxy groups -OCH3 is 1. The van der Waals surface area contributed by atoms with Gasteiger partial charge in [0.2, 0.25) is 0 Å².